The molecule has 0 spiro atoms. The van der Waals surface area contributed by atoms with E-state index in [0.29, 0.717) is 43.5 Å². The maximum Gasteiger partial charge on any atom is 0.260 e. The van der Waals surface area contributed by atoms with E-state index >= 15 is 0 Å². The molecule has 2 amide bonds. The molecule has 148 valence electrons. The van der Waals surface area contributed by atoms with Crippen molar-refractivity contribution in [1.82, 2.24) is 19.9 Å². The topological polar surface area (TPSA) is 88.8 Å². The Bertz CT molecular complexity index is 828. The summed E-state index contributed by atoms with van der Waals surface area (Å²) in [7, 11) is 1.81. The molecule has 1 saturated heterocycles. The van der Waals surface area contributed by atoms with Crippen molar-refractivity contribution in [2.75, 3.05) is 33.3 Å². The summed E-state index contributed by atoms with van der Waals surface area (Å²) in [4.78, 5) is 32.0. The van der Waals surface area contributed by atoms with E-state index in [2.05, 4.69) is 10.1 Å². The van der Waals surface area contributed by atoms with E-state index in [4.69, 9.17) is 9.26 Å². The van der Waals surface area contributed by atoms with Gasteiger partial charge in [-0.3, -0.25) is 9.59 Å². The van der Waals surface area contributed by atoms with Crippen molar-refractivity contribution in [1.29, 1.82) is 0 Å². The van der Waals surface area contributed by atoms with Crippen LogP contribution < -0.4 is 4.74 Å². The molecule has 4 rings (SSSR count). The molecule has 2 aromatic rings. The summed E-state index contributed by atoms with van der Waals surface area (Å²) in [5, 5.41) is 4.00. The number of nitrogens with zero attached hydrogens (tertiary/aromatic N) is 4. The Balaban J connectivity index is 1.19. The predicted molar refractivity (Wildman–Crippen MR) is 99.6 cm³/mol. The lowest BCUT2D eigenvalue weighted by Gasteiger charge is -2.36. The zero-order valence-electron chi connectivity index (χ0n) is 15.9. The zero-order chi connectivity index (χ0) is 19.5. The summed E-state index contributed by atoms with van der Waals surface area (Å²) in [6.45, 7) is 1.71. The first-order chi connectivity index (χ1) is 13.6. The van der Waals surface area contributed by atoms with Crippen LogP contribution in [0.1, 0.15) is 30.5 Å². The van der Waals surface area contributed by atoms with Crippen molar-refractivity contribution < 1.29 is 18.8 Å². The lowest BCUT2D eigenvalue weighted by molar-refractivity contribution is -0.138. The SMILES string of the molecule is CN(CCc1noc(C2CN(C(=O)COc3ccccc3)C2)n1)C(=O)C1CC1. The Hall–Kier alpha value is -2.90. The summed E-state index contributed by atoms with van der Waals surface area (Å²) < 4.78 is 10.8. The molecular formula is C20H24N4O4. The first-order valence-electron chi connectivity index (χ1n) is 9.63. The highest BCUT2D eigenvalue weighted by Crippen LogP contribution is 2.30. The van der Waals surface area contributed by atoms with Gasteiger partial charge in [-0.2, -0.15) is 4.98 Å². The first kappa shape index (κ1) is 18.5. The zero-order valence-corrected chi connectivity index (χ0v) is 15.9. The second kappa shape index (κ2) is 8.00. The standard InChI is InChI=1S/C20H24N4O4/c1-23(20(26)14-7-8-14)10-9-17-21-19(28-22-17)15-11-24(12-15)18(25)13-27-16-5-3-2-4-6-16/h2-6,14-15H,7-13H2,1H3. The molecule has 2 heterocycles. The third-order valence-corrected chi connectivity index (χ3v) is 5.15. The molecule has 2 aliphatic rings. The largest absolute Gasteiger partial charge is 0.484 e. The van der Waals surface area contributed by atoms with Gasteiger partial charge in [-0.25, -0.2) is 0 Å². The van der Waals surface area contributed by atoms with Gasteiger partial charge < -0.3 is 19.1 Å². The number of amides is 2. The number of benzene rings is 1. The molecule has 0 N–H and O–H groups in total. The number of para-hydroxylation sites is 1. The van der Waals surface area contributed by atoms with Crippen LogP contribution in [0.25, 0.3) is 0 Å². The second-order valence-corrected chi connectivity index (χ2v) is 7.43. The molecule has 2 fully saturated rings. The Kier molecular flexibility index (Phi) is 5.27. The average Bonchev–Trinajstić information content (AvgIpc) is 3.43. The molecule has 0 radical (unpaired) electrons. The molecule has 1 aliphatic carbocycles. The minimum Gasteiger partial charge on any atom is -0.484 e. The van der Waals surface area contributed by atoms with Gasteiger partial charge in [0.05, 0.1) is 5.92 Å². The minimum absolute atomic E-state index is 0.0210. The molecule has 8 nitrogen and oxygen atoms in total. The molecular weight excluding hydrogens is 360 g/mol. The lowest BCUT2D eigenvalue weighted by Crippen LogP contribution is -2.50. The van der Waals surface area contributed by atoms with Gasteiger partial charge >= 0.3 is 0 Å². The highest BCUT2D eigenvalue weighted by Gasteiger charge is 2.36. The van der Waals surface area contributed by atoms with E-state index in [-0.39, 0.29) is 30.3 Å². The molecule has 8 heteroatoms. The second-order valence-electron chi connectivity index (χ2n) is 7.43. The van der Waals surface area contributed by atoms with Crippen LogP contribution in [0, 0.1) is 5.92 Å². The van der Waals surface area contributed by atoms with Gasteiger partial charge in [-0.1, -0.05) is 23.4 Å². The van der Waals surface area contributed by atoms with Crippen LogP contribution in [0.15, 0.2) is 34.9 Å². The number of rotatable bonds is 8. The summed E-state index contributed by atoms with van der Waals surface area (Å²) in [5.74, 6) is 2.26. The van der Waals surface area contributed by atoms with Crippen LogP contribution in [-0.2, 0) is 16.0 Å². The average molecular weight is 384 g/mol. The van der Waals surface area contributed by atoms with Crippen molar-refractivity contribution >= 4 is 11.8 Å². The molecule has 1 saturated carbocycles. The number of likely N-dealkylation sites (N-methyl/N-ethyl adjacent to an activating group) is 1. The number of carbonyl (C=O) groups excluding carboxylic acids is 2. The van der Waals surface area contributed by atoms with Gasteiger partial charge in [0, 0.05) is 39.0 Å². The van der Waals surface area contributed by atoms with Crippen LogP contribution in [0.3, 0.4) is 0 Å². The van der Waals surface area contributed by atoms with E-state index in [0.717, 1.165) is 12.8 Å². The molecule has 0 bridgehead atoms. The fourth-order valence-corrected chi connectivity index (χ4v) is 3.15. The normalized spacial score (nSPS) is 16.5. The first-order valence-corrected chi connectivity index (χ1v) is 9.63. The Morgan fingerprint density at radius 2 is 2.00 bits per heavy atom. The van der Waals surface area contributed by atoms with Crippen molar-refractivity contribution in [2.45, 2.75) is 25.2 Å². The third kappa shape index (κ3) is 4.32. The minimum atomic E-state index is -0.0555. The van der Waals surface area contributed by atoms with E-state index in [1.165, 1.54) is 0 Å². The number of carbonyl (C=O) groups is 2. The number of hydrogen-bond donors (Lipinski definition) is 0. The van der Waals surface area contributed by atoms with Crippen molar-refractivity contribution in [3.63, 3.8) is 0 Å². The quantitative estimate of drug-likeness (QED) is 0.685. The highest BCUT2D eigenvalue weighted by atomic mass is 16.5. The van der Waals surface area contributed by atoms with Crippen LogP contribution in [0.4, 0.5) is 0 Å². The smallest absolute Gasteiger partial charge is 0.260 e. The van der Waals surface area contributed by atoms with Gasteiger partial charge in [-0.05, 0) is 25.0 Å². The highest BCUT2D eigenvalue weighted by molar-refractivity contribution is 5.80. The maximum absolute atomic E-state index is 12.2. The van der Waals surface area contributed by atoms with Crippen molar-refractivity contribution in [3.05, 3.63) is 42.0 Å². The summed E-state index contributed by atoms with van der Waals surface area (Å²) in [5.41, 5.74) is 0. The fourth-order valence-electron chi connectivity index (χ4n) is 3.15. The van der Waals surface area contributed by atoms with Gasteiger partial charge in [0.25, 0.3) is 5.91 Å². The van der Waals surface area contributed by atoms with Crippen LogP contribution in [-0.4, -0.2) is 65.0 Å². The molecule has 1 aliphatic heterocycles. The van der Waals surface area contributed by atoms with E-state index in [1.807, 2.05) is 37.4 Å². The molecule has 0 atom stereocenters. The number of likely N-dealkylation sites (tertiary alicyclic amines) is 1. The summed E-state index contributed by atoms with van der Waals surface area (Å²) in [6, 6.07) is 9.28. The maximum atomic E-state index is 12.2. The van der Waals surface area contributed by atoms with Crippen molar-refractivity contribution in [3.8, 4) is 5.75 Å². The summed E-state index contributed by atoms with van der Waals surface area (Å²) >= 11 is 0. The van der Waals surface area contributed by atoms with Gasteiger partial charge in [0.15, 0.2) is 12.4 Å². The lowest BCUT2D eigenvalue weighted by atomic mass is 10.0. The van der Waals surface area contributed by atoms with Gasteiger partial charge in [-0.15, -0.1) is 0 Å². The number of aromatic nitrogens is 2. The van der Waals surface area contributed by atoms with E-state index in [1.54, 1.807) is 9.80 Å². The summed E-state index contributed by atoms with van der Waals surface area (Å²) in [6.07, 6.45) is 2.57. The Morgan fingerprint density at radius 1 is 1.25 bits per heavy atom. The Morgan fingerprint density at radius 3 is 2.71 bits per heavy atom. The molecule has 1 aromatic heterocycles. The molecule has 1 aromatic carbocycles. The van der Waals surface area contributed by atoms with Crippen LogP contribution in [0.2, 0.25) is 0 Å². The predicted octanol–water partition coefficient (Wildman–Crippen LogP) is 1.49. The Labute approximate surface area is 163 Å². The molecule has 0 unspecified atom stereocenters. The monoisotopic (exact) mass is 384 g/mol. The van der Waals surface area contributed by atoms with Gasteiger partial charge in [0.2, 0.25) is 11.8 Å². The third-order valence-electron chi connectivity index (χ3n) is 5.15. The van der Waals surface area contributed by atoms with E-state index in [9.17, 15) is 9.59 Å². The van der Waals surface area contributed by atoms with Gasteiger partial charge in [0.1, 0.15) is 5.75 Å². The number of ether oxygens (including phenoxy) is 1. The van der Waals surface area contributed by atoms with Crippen molar-refractivity contribution in [2.24, 2.45) is 5.92 Å². The van der Waals surface area contributed by atoms with Crippen LogP contribution >= 0.6 is 0 Å². The number of hydrogen-bond acceptors (Lipinski definition) is 6. The fraction of sp³-hybridized carbons (Fsp3) is 0.500. The molecule has 28 heavy (non-hydrogen) atoms. The van der Waals surface area contributed by atoms with E-state index < -0.39 is 0 Å². The van der Waals surface area contributed by atoms with Crippen LogP contribution in [0.5, 0.6) is 5.75 Å².